The Morgan fingerprint density at radius 2 is 2.20 bits per heavy atom. The van der Waals surface area contributed by atoms with Gasteiger partial charge in [-0.1, -0.05) is 0 Å². The zero-order chi connectivity index (χ0) is 7.56. The molecule has 0 aliphatic heterocycles. The maximum atomic E-state index is 10.9. The Morgan fingerprint density at radius 3 is 2.70 bits per heavy atom. The standard InChI is InChI=1S/C7H10Cl2O/c8-2-1-5-3-6(5)7(10)4-9/h5-6H,1-4H2. The van der Waals surface area contributed by atoms with Crippen LogP contribution in [0.2, 0.25) is 0 Å². The van der Waals surface area contributed by atoms with Crippen LogP contribution in [0.5, 0.6) is 0 Å². The van der Waals surface area contributed by atoms with Crippen molar-refractivity contribution in [1.82, 2.24) is 0 Å². The summed E-state index contributed by atoms with van der Waals surface area (Å²) in [5, 5.41) is 0. The lowest BCUT2D eigenvalue weighted by atomic mass is 10.2. The molecular weight excluding hydrogens is 171 g/mol. The molecule has 0 saturated heterocycles. The number of rotatable bonds is 4. The summed E-state index contributed by atoms with van der Waals surface area (Å²) in [4.78, 5) is 10.9. The molecule has 1 fully saturated rings. The molecule has 58 valence electrons. The van der Waals surface area contributed by atoms with E-state index in [1.165, 1.54) is 0 Å². The van der Waals surface area contributed by atoms with Crippen LogP contribution >= 0.6 is 23.2 Å². The highest BCUT2D eigenvalue weighted by molar-refractivity contribution is 6.28. The molecule has 0 radical (unpaired) electrons. The molecular formula is C7H10Cl2O. The Balaban J connectivity index is 2.18. The van der Waals surface area contributed by atoms with Crippen LogP contribution in [-0.2, 0) is 4.79 Å². The summed E-state index contributed by atoms with van der Waals surface area (Å²) in [6.07, 6.45) is 1.98. The van der Waals surface area contributed by atoms with Crippen molar-refractivity contribution in [3.8, 4) is 0 Å². The summed E-state index contributed by atoms with van der Waals surface area (Å²) < 4.78 is 0. The fraction of sp³-hybridized carbons (Fsp3) is 0.857. The molecule has 2 atom stereocenters. The molecule has 0 amide bonds. The maximum Gasteiger partial charge on any atom is 0.150 e. The number of hydrogen-bond acceptors (Lipinski definition) is 1. The van der Waals surface area contributed by atoms with Crippen LogP contribution in [0.4, 0.5) is 0 Å². The van der Waals surface area contributed by atoms with Gasteiger partial charge in [0, 0.05) is 11.8 Å². The monoisotopic (exact) mass is 180 g/mol. The number of carbonyl (C=O) groups excluding carboxylic acids is 1. The lowest BCUT2D eigenvalue weighted by Gasteiger charge is -1.91. The van der Waals surface area contributed by atoms with Crippen LogP contribution < -0.4 is 0 Å². The first-order valence-corrected chi connectivity index (χ1v) is 4.51. The van der Waals surface area contributed by atoms with E-state index in [1.54, 1.807) is 0 Å². The SMILES string of the molecule is O=C(CCl)C1CC1CCCl. The maximum absolute atomic E-state index is 10.9. The van der Waals surface area contributed by atoms with Gasteiger partial charge in [0.1, 0.15) is 0 Å². The molecule has 1 saturated carbocycles. The average molecular weight is 181 g/mol. The minimum Gasteiger partial charge on any atom is -0.298 e. The van der Waals surface area contributed by atoms with Gasteiger partial charge in [0.15, 0.2) is 5.78 Å². The molecule has 3 heteroatoms. The van der Waals surface area contributed by atoms with E-state index in [-0.39, 0.29) is 17.6 Å². The van der Waals surface area contributed by atoms with Crippen molar-refractivity contribution in [2.75, 3.05) is 11.8 Å². The first-order valence-electron chi connectivity index (χ1n) is 3.44. The molecule has 0 bridgehead atoms. The van der Waals surface area contributed by atoms with Crippen LogP contribution in [-0.4, -0.2) is 17.5 Å². The summed E-state index contributed by atoms with van der Waals surface area (Å²) >= 11 is 10.9. The van der Waals surface area contributed by atoms with E-state index in [0.717, 1.165) is 12.8 Å². The van der Waals surface area contributed by atoms with Crippen molar-refractivity contribution in [2.45, 2.75) is 12.8 Å². The van der Waals surface area contributed by atoms with E-state index in [2.05, 4.69) is 0 Å². The van der Waals surface area contributed by atoms with Gasteiger partial charge in [0.25, 0.3) is 0 Å². The highest BCUT2D eigenvalue weighted by atomic mass is 35.5. The van der Waals surface area contributed by atoms with E-state index in [0.29, 0.717) is 11.8 Å². The smallest absolute Gasteiger partial charge is 0.150 e. The zero-order valence-corrected chi connectivity index (χ0v) is 7.16. The highest BCUT2D eigenvalue weighted by Gasteiger charge is 2.40. The third-order valence-electron chi connectivity index (χ3n) is 1.95. The molecule has 2 unspecified atom stereocenters. The van der Waals surface area contributed by atoms with Crippen LogP contribution in [0.3, 0.4) is 0 Å². The van der Waals surface area contributed by atoms with Gasteiger partial charge < -0.3 is 0 Å². The lowest BCUT2D eigenvalue weighted by Crippen LogP contribution is -2.03. The Morgan fingerprint density at radius 1 is 1.50 bits per heavy atom. The highest BCUT2D eigenvalue weighted by Crippen LogP contribution is 2.42. The molecule has 0 aromatic heterocycles. The number of alkyl halides is 2. The summed E-state index contributed by atoms with van der Waals surface area (Å²) in [6, 6.07) is 0. The van der Waals surface area contributed by atoms with Gasteiger partial charge in [0.05, 0.1) is 5.88 Å². The van der Waals surface area contributed by atoms with E-state index in [4.69, 9.17) is 23.2 Å². The van der Waals surface area contributed by atoms with E-state index < -0.39 is 0 Å². The van der Waals surface area contributed by atoms with E-state index in [9.17, 15) is 4.79 Å². The summed E-state index contributed by atoms with van der Waals surface area (Å²) in [5.41, 5.74) is 0. The third kappa shape index (κ3) is 1.86. The molecule has 1 aliphatic rings. The molecule has 10 heavy (non-hydrogen) atoms. The average Bonchev–Trinajstić information content (AvgIpc) is 2.67. The second kappa shape index (κ2) is 3.59. The third-order valence-corrected chi connectivity index (χ3v) is 2.43. The van der Waals surface area contributed by atoms with Gasteiger partial charge in [-0.05, 0) is 18.8 Å². The van der Waals surface area contributed by atoms with Crippen molar-refractivity contribution in [3.05, 3.63) is 0 Å². The second-order valence-corrected chi connectivity index (χ2v) is 3.33. The molecule has 1 rings (SSSR count). The summed E-state index contributed by atoms with van der Waals surface area (Å²) in [7, 11) is 0. The topological polar surface area (TPSA) is 17.1 Å². The normalized spacial score (nSPS) is 30.2. The van der Waals surface area contributed by atoms with Gasteiger partial charge >= 0.3 is 0 Å². The molecule has 0 spiro atoms. The van der Waals surface area contributed by atoms with Gasteiger partial charge in [0.2, 0.25) is 0 Å². The quantitative estimate of drug-likeness (QED) is 0.606. The van der Waals surface area contributed by atoms with Gasteiger partial charge in [-0.15, -0.1) is 23.2 Å². The Hall–Kier alpha value is 0.250. The van der Waals surface area contributed by atoms with Gasteiger partial charge in [-0.25, -0.2) is 0 Å². The molecule has 0 N–H and O–H groups in total. The van der Waals surface area contributed by atoms with Crippen molar-refractivity contribution < 1.29 is 4.79 Å². The molecule has 0 aromatic carbocycles. The van der Waals surface area contributed by atoms with Gasteiger partial charge in [-0.3, -0.25) is 4.79 Å². The van der Waals surface area contributed by atoms with Crippen LogP contribution in [0.15, 0.2) is 0 Å². The predicted octanol–water partition coefficient (Wildman–Crippen LogP) is 2.06. The first kappa shape index (κ1) is 8.35. The largest absolute Gasteiger partial charge is 0.298 e. The Kier molecular flexibility index (Phi) is 2.99. The summed E-state index contributed by atoms with van der Waals surface area (Å²) in [5.74, 6) is 1.82. The molecule has 0 heterocycles. The Labute approximate surface area is 70.7 Å². The van der Waals surface area contributed by atoms with Crippen LogP contribution in [0.1, 0.15) is 12.8 Å². The summed E-state index contributed by atoms with van der Waals surface area (Å²) in [6.45, 7) is 0. The minimum atomic E-state index is 0.170. The van der Waals surface area contributed by atoms with Crippen LogP contribution in [0.25, 0.3) is 0 Å². The molecule has 1 nitrogen and oxygen atoms in total. The van der Waals surface area contributed by atoms with Crippen molar-refractivity contribution in [1.29, 1.82) is 0 Å². The number of carbonyl (C=O) groups is 1. The lowest BCUT2D eigenvalue weighted by molar-refractivity contribution is -0.118. The Bertz CT molecular complexity index is 136. The predicted molar refractivity (Wildman–Crippen MR) is 42.7 cm³/mol. The number of halogens is 2. The molecule has 0 aromatic rings. The fourth-order valence-corrected chi connectivity index (χ4v) is 1.68. The number of ketones is 1. The number of Topliss-reactive ketones (excluding diaryl/α,β-unsaturated/α-hetero) is 1. The van der Waals surface area contributed by atoms with Gasteiger partial charge in [-0.2, -0.15) is 0 Å². The van der Waals surface area contributed by atoms with E-state index in [1.807, 2.05) is 0 Å². The van der Waals surface area contributed by atoms with Crippen LogP contribution in [0, 0.1) is 11.8 Å². The fourth-order valence-electron chi connectivity index (χ4n) is 1.20. The molecule has 1 aliphatic carbocycles. The van der Waals surface area contributed by atoms with Crippen molar-refractivity contribution >= 4 is 29.0 Å². The second-order valence-electron chi connectivity index (χ2n) is 2.68. The minimum absolute atomic E-state index is 0.170. The van der Waals surface area contributed by atoms with Crippen molar-refractivity contribution in [2.24, 2.45) is 11.8 Å². The van der Waals surface area contributed by atoms with E-state index >= 15 is 0 Å². The van der Waals surface area contributed by atoms with Crippen molar-refractivity contribution in [3.63, 3.8) is 0 Å². The zero-order valence-electron chi connectivity index (χ0n) is 5.65. The number of hydrogen-bond donors (Lipinski definition) is 0. The first-order chi connectivity index (χ1) is 4.79.